The molecular formula is C75H82F2N6O22. The highest BCUT2D eigenvalue weighted by Crippen LogP contribution is 2.73. The van der Waals surface area contributed by atoms with E-state index in [4.69, 9.17) is 50.8 Å². The summed E-state index contributed by atoms with van der Waals surface area (Å²) in [6, 6.07) is 1.20. The summed E-state index contributed by atoms with van der Waals surface area (Å²) in [5, 5.41) is 11.4. The molecule has 0 radical (unpaired) electrons. The molecule has 5 saturated carbocycles. The van der Waals surface area contributed by atoms with E-state index in [1.54, 1.807) is 44.9 Å². The lowest BCUT2D eigenvalue weighted by Crippen LogP contribution is -2.56. The summed E-state index contributed by atoms with van der Waals surface area (Å²) in [7, 11) is 2.70. The molecule has 7 heterocycles. The van der Waals surface area contributed by atoms with Crippen molar-refractivity contribution in [3.63, 3.8) is 0 Å². The topological polar surface area (TPSA) is 334 Å². The van der Waals surface area contributed by atoms with E-state index in [-0.39, 0.29) is 112 Å². The Kier molecular flexibility index (Phi) is 18.4. The summed E-state index contributed by atoms with van der Waals surface area (Å²) in [4.78, 5) is 143. The van der Waals surface area contributed by atoms with Crippen molar-refractivity contribution < 1.29 is 93.5 Å². The van der Waals surface area contributed by atoms with Gasteiger partial charge in [0.1, 0.15) is 52.8 Å². The van der Waals surface area contributed by atoms with Crippen molar-refractivity contribution in [2.45, 2.75) is 166 Å². The van der Waals surface area contributed by atoms with Gasteiger partial charge in [0.05, 0.1) is 68.1 Å². The molecule has 3 saturated heterocycles. The Morgan fingerprint density at radius 1 is 0.676 bits per heavy atom. The number of hydrogen-bond acceptors (Lipinski definition) is 26. The number of Topliss-reactive ketones (excluding diaryl/α,β-unsaturated/α-hetero) is 1. The van der Waals surface area contributed by atoms with Crippen molar-refractivity contribution in [2.24, 2.45) is 23.2 Å². The predicted octanol–water partition coefficient (Wildman–Crippen LogP) is 7.01. The number of aliphatic hydroxyl groups is 1. The van der Waals surface area contributed by atoms with E-state index in [1.807, 2.05) is 26.8 Å². The van der Waals surface area contributed by atoms with Gasteiger partial charge in [-0.15, -0.1) is 0 Å². The van der Waals surface area contributed by atoms with Gasteiger partial charge in [0.15, 0.2) is 58.7 Å². The molecule has 1 spiro atoms. The van der Waals surface area contributed by atoms with Gasteiger partial charge in [-0.05, 0) is 115 Å². The summed E-state index contributed by atoms with van der Waals surface area (Å²) >= 11 is 0. The standard InChI is InChI=1S/C75H82F2N6O22/c1-37-28-80(22-20-78(37)32-55-39(3)100-71(93)103-55)63-52(76)25-47-61(67(63)95-6)82(42-9-10-42)30-49(65(47)89)69(91)98-34-45(102-59(88)15-14-58(87)97-36-57(86)74-19-17-51-46-13-8-41-24-44(84)16-18-73(41,5)60(46)54(85)27-75(51,74)105-74)35-99-70(92)50-31-83(43-11-12-43)62-48(66(50)90)26-53(77)64(68(62)96-7)81-23-21-79(38(2)29-81)33-56-40(4)101-72(94)104-56/h16,18,24-26,30-31,37-38,42-43,45-46,51,54,60,85H,8-15,17,19-23,27-29,32-36H2,1-7H3/t37?,38?,45?,46-,51-,54-,60?,73-,74-,75+/m0/s1. The van der Waals surface area contributed by atoms with Gasteiger partial charge >= 0.3 is 35.5 Å². The number of aryl methyl sites for hydroxylation is 2. The van der Waals surface area contributed by atoms with Gasteiger partial charge in [-0.2, -0.15) is 0 Å². The van der Waals surface area contributed by atoms with Crippen LogP contribution < -0.4 is 41.8 Å². The monoisotopic (exact) mass is 1460 g/mol. The molecule has 3 unspecified atom stereocenters. The SMILES string of the molecule is COc1c(N2CCN(Cc3oc(=O)oc3C)C(C)C2)c(F)cc2c(=O)c(C(=O)OCC(COC(=O)c3cn(C4CC4)c4c(OC)c(N5CCN(Cc6oc(=O)oc6C)C(C)C5)c(F)cc4c3=O)OC(=O)CCC(=O)OCC(=O)[C@@]34CC[C@H]5[C@@H]6CCC7=CC(=O)C=C[C@]7(C)C6[C@@H](O)C[C@@]53O4)cn(C3CC3)c12. The van der Waals surface area contributed by atoms with E-state index in [0.717, 1.165) is 17.7 Å². The van der Waals surface area contributed by atoms with Crippen LogP contribution in [0, 0.1) is 48.7 Å². The third-order valence-corrected chi connectivity index (χ3v) is 23.5. The zero-order chi connectivity index (χ0) is 74.0. The summed E-state index contributed by atoms with van der Waals surface area (Å²) < 4.78 is 98.6. The predicted molar refractivity (Wildman–Crippen MR) is 366 cm³/mol. The lowest BCUT2D eigenvalue weighted by molar-refractivity contribution is -0.157. The molecule has 4 aromatic heterocycles. The first-order valence-corrected chi connectivity index (χ1v) is 35.9. The van der Waals surface area contributed by atoms with Crippen molar-refractivity contribution in [1.82, 2.24) is 18.9 Å². The number of ether oxygens (including phenoxy) is 7. The number of carbonyl (C=O) groups is 6. The van der Waals surface area contributed by atoms with Gasteiger partial charge in [0.25, 0.3) is 0 Å². The van der Waals surface area contributed by atoms with E-state index in [1.165, 1.54) is 26.6 Å². The molecule has 9 aliphatic rings. The first-order valence-electron chi connectivity index (χ1n) is 35.9. The van der Waals surface area contributed by atoms with Crippen LogP contribution in [0.1, 0.15) is 147 Å². The average Bonchev–Trinajstić information content (AvgIpc) is 1.48. The fourth-order valence-electron chi connectivity index (χ4n) is 17.9. The lowest BCUT2D eigenvalue weighted by Gasteiger charge is -2.55. The molecule has 105 heavy (non-hydrogen) atoms. The van der Waals surface area contributed by atoms with E-state index in [0.29, 0.717) is 114 Å². The number of carbonyl (C=O) groups excluding carboxylic acids is 6. The number of esters is 4. The van der Waals surface area contributed by atoms with Gasteiger partial charge < -0.3 is 74.9 Å². The fraction of sp³-hybridized carbons (Fsp3) is 0.547. The van der Waals surface area contributed by atoms with E-state index < -0.39 is 136 Å². The van der Waals surface area contributed by atoms with Crippen molar-refractivity contribution >= 4 is 68.6 Å². The van der Waals surface area contributed by atoms with Crippen LogP contribution in [0.2, 0.25) is 0 Å². The van der Waals surface area contributed by atoms with Crippen LogP contribution >= 0.6 is 0 Å². The third kappa shape index (κ3) is 12.6. The zero-order valence-electron chi connectivity index (χ0n) is 59.3. The van der Waals surface area contributed by atoms with Gasteiger partial charge in [-0.1, -0.05) is 18.6 Å². The molecule has 558 valence electrons. The van der Waals surface area contributed by atoms with Crippen LogP contribution in [0.3, 0.4) is 0 Å². The number of pyridine rings is 2. The maximum absolute atomic E-state index is 16.8. The number of methoxy groups -OCH3 is 2. The first kappa shape index (κ1) is 71.1. The number of epoxide rings is 1. The quantitative estimate of drug-likeness (QED) is 0.0383. The molecule has 2 aromatic carbocycles. The Bertz CT molecular complexity index is 4700. The molecule has 15 rings (SSSR count). The zero-order valence-corrected chi connectivity index (χ0v) is 59.3. The van der Waals surface area contributed by atoms with Gasteiger partial charge in [-0.3, -0.25) is 38.6 Å². The summed E-state index contributed by atoms with van der Waals surface area (Å²) in [5.41, 5.74) is -4.06. The molecule has 6 aromatic rings. The number of benzene rings is 2. The minimum atomic E-state index is -1.69. The molecule has 9 atom stereocenters. The van der Waals surface area contributed by atoms with Crippen LogP contribution in [0.15, 0.2) is 85.2 Å². The highest BCUT2D eigenvalue weighted by Gasteiger charge is 2.83. The second-order valence-corrected chi connectivity index (χ2v) is 29.7. The van der Waals surface area contributed by atoms with Crippen molar-refractivity contribution in [2.75, 3.05) is 83.1 Å². The Hall–Kier alpha value is -9.52. The largest absolute Gasteiger partial charge is 0.519 e. The Morgan fingerprint density at radius 2 is 1.19 bits per heavy atom. The van der Waals surface area contributed by atoms with Gasteiger partial charge in [0, 0.05) is 93.6 Å². The van der Waals surface area contributed by atoms with Crippen LogP contribution in [-0.2, 0) is 56.0 Å². The number of rotatable bonds is 23. The number of ketones is 2. The van der Waals surface area contributed by atoms with E-state index >= 15 is 8.78 Å². The maximum Gasteiger partial charge on any atom is 0.519 e. The minimum absolute atomic E-state index is 0.0000343. The first-order chi connectivity index (χ1) is 50.2. The fourth-order valence-corrected chi connectivity index (χ4v) is 17.9. The molecule has 0 bridgehead atoms. The van der Waals surface area contributed by atoms with E-state index in [2.05, 4.69) is 9.80 Å². The Balaban J connectivity index is 0.656. The van der Waals surface area contributed by atoms with Crippen molar-refractivity contribution in [3.8, 4) is 11.5 Å². The van der Waals surface area contributed by atoms with Gasteiger partial charge in [0.2, 0.25) is 16.6 Å². The molecular weight excluding hydrogens is 1370 g/mol. The molecule has 3 aliphatic heterocycles. The maximum atomic E-state index is 16.8. The van der Waals surface area contributed by atoms with Crippen LogP contribution in [0.25, 0.3) is 21.8 Å². The second-order valence-electron chi connectivity index (χ2n) is 29.7. The number of aromatic nitrogens is 2. The average molecular weight is 1460 g/mol. The lowest BCUT2D eigenvalue weighted by atomic mass is 9.49. The van der Waals surface area contributed by atoms with Crippen molar-refractivity contribution in [3.05, 3.63) is 136 Å². The number of nitrogens with zero attached hydrogens (tertiary/aromatic N) is 6. The van der Waals surface area contributed by atoms with Crippen LogP contribution in [-0.4, -0.2) is 168 Å². The number of fused-ring (bicyclic) bond motifs is 6. The summed E-state index contributed by atoms with van der Waals surface area (Å²) in [6.07, 6.45) is 8.95. The third-order valence-electron chi connectivity index (χ3n) is 23.5. The van der Waals surface area contributed by atoms with E-state index in [9.17, 15) is 53.1 Å². The van der Waals surface area contributed by atoms with Crippen molar-refractivity contribution in [1.29, 1.82) is 0 Å². The summed E-state index contributed by atoms with van der Waals surface area (Å²) in [5.74, 6) is -7.05. The molecule has 0 amide bonds. The normalized spacial score (nSPS) is 26.7. The smallest absolute Gasteiger partial charge is 0.492 e. The molecule has 1 N–H and O–H groups in total. The number of allylic oxidation sites excluding steroid dienone is 4. The molecule has 8 fully saturated rings. The molecule has 30 heteroatoms. The highest BCUT2D eigenvalue weighted by molar-refractivity contribution is 6.02. The van der Waals surface area contributed by atoms with Gasteiger partial charge in [-0.25, -0.2) is 28.0 Å². The summed E-state index contributed by atoms with van der Waals surface area (Å²) in [6.45, 7) is 9.30. The van der Waals surface area contributed by atoms with Crippen LogP contribution in [0.4, 0.5) is 20.2 Å². The Morgan fingerprint density at radius 3 is 1.67 bits per heavy atom. The van der Waals surface area contributed by atoms with Crippen LogP contribution in [0.5, 0.6) is 11.5 Å². The molecule has 28 nitrogen and oxygen atoms in total. The number of anilines is 2. The number of aliphatic hydroxyl groups excluding tert-OH is 1. The number of hydrogen-bond donors (Lipinski definition) is 1. The number of piperazine rings is 2. The highest BCUT2D eigenvalue weighted by atomic mass is 19.1. The Labute approximate surface area is 598 Å². The molecule has 6 aliphatic carbocycles. The second kappa shape index (κ2) is 27.1. The minimum Gasteiger partial charge on any atom is -0.492 e. The number of halogens is 2.